The topological polar surface area (TPSA) is 0 Å². The Labute approximate surface area is 132 Å². The summed E-state index contributed by atoms with van der Waals surface area (Å²) in [6.45, 7) is 4.37. The molecule has 0 fully saturated rings. The normalized spacial score (nSPS) is 10.7. The van der Waals surface area contributed by atoms with E-state index in [1.165, 1.54) is 28.7 Å². The molecule has 0 amide bonds. The fraction of sp³-hybridized carbons (Fsp3) is 0.294. The van der Waals surface area contributed by atoms with E-state index in [9.17, 15) is 0 Å². The van der Waals surface area contributed by atoms with Crippen molar-refractivity contribution in [2.24, 2.45) is 0 Å². The van der Waals surface area contributed by atoms with E-state index in [0.29, 0.717) is 0 Å². The van der Waals surface area contributed by atoms with Crippen LogP contribution in [0.25, 0.3) is 0 Å². The first kappa shape index (κ1) is 14.8. The van der Waals surface area contributed by atoms with E-state index in [1.807, 2.05) is 0 Å². The average molecular weight is 382 g/mol. The van der Waals surface area contributed by atoms with Gasteiger partial charge in [-0.15, -0.1) is 0 Å². The summed E-state index contributed by atoms with van der Waals surface area (Å²) in [6.07, 6.45) is 3.49. The Balaban J connectivity index is 1.96. The summed E-state index contributed by atoms with van der Waals surface area (Å²) in [7, 11) is 0. The van der Waals surface area contributed by atoms with Crippen LogP contribution in [0.2, 0.25) is 0 Å². The van der Waals surface area contributed by atoms with E-state index in [1.54, 1.807) is 0 Å². The Bertz CT molecular complexity index is 522. The first-order valence-corrected chi connectivity index (χ1v) is 8.15. The Morgan fingerprint density at radius 3 is 1.53 bits per heavy atom. The second-order valence-corrected chi connectivity index (χ2v) is 6.83. The maximum Gasteiger partial charge on any atom is 0.0178 e. The van der Waals surface area contributed by atoms with Crippen LogP contribution in [0.3, 0.4) is 0 Å². The predicted octanol–water partition coefficient (Wildman–Crippen LogP) is 6.00. The van der Waals surface area contributed by atoms with Gasteiger partial charge >= 0.3 is 0 Å². The molecule has 0 heterocycles. The molecule has 0 aliphatic rings. The van der Waals surface area contributed by atoms with Gasteiger partial charge in [0, 0.05) is 8.95 Å². The zero-order chi connectivity index (χ0) is 13.8. The maximum atomic E-state index is 3.51. The second-order valence-electron chi connectivity index (χ2n) is 5.00. The number of hydrogen-bond acceptors (Lipinski definition) is 0. The van der Waals surface area contributed by atoms with Gasteiger partial charge in [0.05, 0.1) is 0 Å². The lowest BCUT2D eigenvalue weighted by atomic mass is 9.98. The molecule has 2 rings (SSSR count). The molecule has 100 valence electrons. The summed E-state index contributed by atoms with van der Waals surface area (Å²) in [5, 5.41) is 0. The fourth-order valence-corrected chi connectivity index (χ4v) is 3.30. The first-order chi connectivity index (χ1) is 9.06. The standard InChI is InChI=1S/C17H18Br2/c1-12-10-16(18)8-6-14(12)4-3-5-15-7-9-17(19)11-13(15)2/h6-11H,3-5H2,1-2H3. The third-order valence-electron chi connectivity index (χ3n) is 3.50. The van der Waals surface area contributed by atoms with Crippen molar-refractivity contribution < 1.29 is 0 Å². The van der Waals surface area contributed by atoms with Crippen LogP contribution in [0.4, 0.5) is 0 Å². The lowest BCUT2D eigenvalue weighted by Crippen LogP contribution is -1.94. The average Bonchev–Trinajstić information content (AvgIpc) is 2.34. The molecule has 0 atom stereocenters. The van der Waals surface area contributed by atoms with Crippen LogP contribution in [0, 0.1) is 13.8 Å². The predicted molar refractivity (Wildman–Crippen MR) is 89.8 cm³/mol. The Morgan fingerprint density at radius 2 is 1.16 bits per heavy atom. The molecule has 0 nitrogen and oxygen atoms in total. The van der Waals surface area contributed by atoms with Gasteiger partial charge in [-0.3, -0.25) is 0 Å². The van der Waals surface area contributed by atoms with E-state index in [0.717, 1.165) is 21.8 Å². The minimum Gasteiger partial charge on any atom is -0.0577 e. The van der Waals surface area contributed by atoms with Crippen LogP contribution in [0.15, 0.2) is 45.3 Å². The Morgan fingerprint density at radius 1 is 0.737 bits per heavy atom. The minimum absolute atomic E-state index is 1.15. The highest BCUT2D eigenvalue weighted by Gasteiger charge is 2.02. The highest BCUT2D eigenvalue weighted by molar-refractivity contribution is 9.10. The van der Waals surface area contributed by atoms with Crippen molar-refractivity contribution in [3.63, 3.8) is 0 Å². The molecule has 0 aromatic heterocycles. The molecule has 0 saturated heterocycles. The van der Waals surface area contributed by atoms with Gasteiger partial charge < -0.3 is 0 Å². The van der Waals surface area contributed by atoms with Crippen molar-refractivity contribution in [1.82, 2.24) is 0 Å². The molecule has 0 spiro atoms. The molecule has 0 N–H and O–H groups in total. The van der Waals surface area contributed by atoms with Gasteiger partial charge in [0.2, 0.25) is 0 Å². The number of benzene rings is 2. The van der Waals surface area contributed by atoms with Gasteiger partial charge in [0.1, 0.15) is 0 Å². The van der Waals surface area contributed by atoms with Crippen molar-refractivity contribution in [2.75, 3.05) is 0 Å². The van der Waals surface area contributed by atoms with Gasteiger partial charge in [-0.1, -0.05) is 44.0 Å². The monoisotopic (exact) mass is 380 g/mol. The van der Waals surface area contributed by atoms with E-state index in [2.05, 4.69) is 82.1 Å². The van der Waals surface area contributed by atoms with Gasteiger partial charge in [-0.05, 0) is 79.6 Å². The van der Waals surface area contributed by atoms with Crippen molar-refractivity contribution in [1.29, 1.82) is 0 Å². The smallest absolute Gasteiger partial charge is 0.0178 e. The quantitative estimate of drug-likeness (QED) is 0.608. The van der Waals surface area contributed by atoms with Crippen LogP contribution in [0.5, 0.6) is 0 Å². The van der Waals surface area contributed by atoms with Crippen LogP contribution in [-0.4, -0.2) is 0 Å². The van der Waals surface area contributed by atoms with Gasteiger partial charge in [0.25, 0.3) is 0 Å². The zero-order valence-electron chi connectivity index (χ0n) is 11.3. The van der Waals surface area contributed by atoms with Crippen molar-refractivity contribution in [3.05, 3.63) is 67.6 Å². The minimum atomic E-state index is 1.15. The van der Waals surface area contributed by atoms with E-state index in [-0.39, 0.29) is 0 Å². The van der Waals surface area contributed by atoms with Crippen molar-refractivity contribution in [3.8, 4) is 0 Å². The van der Waals surface area contributed by atoms with Gasteiger partial charge in [-0.25, -0.2) is 0 Å². The fourth-order valence-electron chi connectivity index (χ4n) is 2.35. The van der Waals surface area contributed by atoms with Crippen LogP contribution < -0.4 is 0 Å². The molecule has 0 aliphatic heterocycles. The number of aryl methyl sites for hydroxylation is 4. The lowest BCUT2D eigenvalue weighted by Gasteiger charge is -2.08. The number of rotatable bonds is 4. The molecule has 0 bridgehead atoms. The summed E-state index contributed by atoms with van der Waals surface area (Å²) in [6, 6.07) is 13.1. The van der Waals surface area contributed by atoms with Gasteiger partial charge in [0.15, 0.2) is 0 Å². The summed E-state index contributed by atoms with van der Waals surface area (Å²) in [4.78, 5) is 0. The summed E-state index contributed by atoms with van der Waals surface area (Å²) in [5.41, 5.74) is 5.67. The van der Waals surface area contributed by atoms with E-state index in [4.69, 9.17) is 0 Å². The van der Waals surface area contributed by atoms with Crippen LogP contribution in [-0.2, 0) is 12.8 Å². The molecule has 0 saturated carbocycles. The molecule has 0 unspecified atom stereocenters. The highest BCUT2D eigenvalue weighted by Crippen LogP contribution is 2.20. The van der Waals surface area contributed by atoms with Crippen molar-refractivity contribution >= 4 is 31.9 Å². The van der Waals surface area contributed by atoms with Crippen molar-refractivity contribution in [2.45, 2.75) is 33.1 Å². The molecule has 19 heavy (non-hydrogen) atoms. The molecule has 0 radical (unpaired) electrons. The Kier molecular flexibility index (Phi) is 5.23. The first-order valence-electron chi connectivity index (χ1n) is 6.56. The number of hydrogen-bond donors (Lipinski definition) is 0. The van der Waals surface area contributed by atoms with Crippen LogP contribution in [0.1, 0.15) is 28.7 Å². The summed E-state index contributed by atoms with van der Waals surface area (Å²) < 4.78 is 2.33. The van der Waals surface area contributed by atoms with E-state index >= 15 is 0 Å². The third kappa shape index (κ3) is 4.19. The molecule has 2 aromatic rings. The Hall–Kier alpha value is -0.600. The van der Waals surface area contributed by atoms with Gasteiger partial charge in [-0.2, -0.15) is 0 Å². The van der Waals surface area contributed by atoms with Crippen LogP contribution >= 0.6 is 31.9 Å². The summed E-state index contributed by atoms with van der Waals surface area (Å²) in [5.74, 6) is 0. The highest BCUT2D eigenvalue weighted by atomic mass is 79.9. The second kappa shape index (κ2) is 6.71. The largest absolute Gasteiger partial charge is 0.0577 e. The summed E-state index contributed by atoms with van der Waals surface area (Å²) >= 11 is 7.03. The molecule has 2 aromatic carbocycles. The SMILES string of the molecule is Cc1cc(Br)ccc1CCCc1ccc(Br)cc1C. The molecule has 2 heteroatoms. The molecule has 0 aliphatic carbocycles. The van der Waals surface area contributed by atoms with E-state index < -0.39 is 0 Å². The maximum absolute atomic E-state index is 3.51. The molecular weight excluding hydrogens is 364 g/mol. The zero-order valence-corrected chi connectivity index (χ0v) is 14.5. The third-order valence-corrected chi connectivity index (χ3v) is 4.49. The lowest BCUT2D eigenvalue weighted by molar-refractivity contribution is 0.811. The molecular formula is C17H18Br2. The number of halogens is 2.